The molecule has 1 saturated carbocycles. The lowest BCUT2D eigenvalue weighted by molar-refractivity contribution is -0.133. The highest BCUT2D eigenvalue weighted by atomic mass is 32.1. The van der Waals surface area contributed by atoms with Crippen molar-refractivity contribution < 1.29 is 9.59 Å². The summed E-state index contributed by atoms with van der Waals surface area (Å²) in [5, 5.41) is 3.28. The quantitative estimate of drug-likeness (QED) is 0.810. The van der Waals surface area contributed by atoms with Crippen LogP contribution in [-0.4, -0.2) is 39.4 Å². The number of hydrogen-bond donors (Lipinski definition) is 1. The van der Waals surface area contributed by atoms with Crippen molar-refractivity contribution in [3.8, 4) is 0 Å². The molecule has 3 heterocycles. The Hall–Kier alpha value is -1.82. The van der Waals surface area contributed by atoms with Gasteiger partial charge < -0.3 is 14.8 Å². The van der Waals surface area contributed by atoms with Crippen LogP contribution in [0, 0.1) is 0 Å². The van der Waals surface area contributed by atoms with Gasteiger partial charge in [-0.1, -0.05) is 33.1 Å². The van der Waals surface area contributed by atoms with E-state index in [1.165, 1.54) is 24.1 Å². The highest BCUT2D eigenvalue weighted by Gasteiger charge is 2.47. The molecule has 0 spiro atoms. The van der Waals surface area contributed by atoms with Gasteiger partial charge in [0.25, 0.3) is 5.91 Å². The predicted octanol–water partition coefficient (Wildman–Crippen LogP) is 4.34. The SMILES string of the molecule is CCCN1C(=O)c2cc3sc(CC)cc3n2C[C@]1(C)C(=O)NC1CCCCC1. The molecule has 2 amide bonds. The van der Waals surface area contributed by atoms with E-state index in [1.54, 1.807) is 11.3 Å². The molecule has 5 nitrogen and oxygen atoms in total. The van der Waals surface area contributed by atoms with E-state index in [0.717, 1.165) is 41.6 Å². The number of thiophene rings is 1. The van der Waals surface area contributed by atoms with Crippen LogP contribution in [0.3, 0.4) is 0 Å². The summed E-state index contributed by atoms with van der Waals surface area (Å²) in [6.45, 7) is 7.28. The predicted molar refractivity (Wildman–Crippen MR) is 114 cm³/mol. The van der Waals surface area contributed by atoms with E-state index in [0.29, 0.717) is 13.1 Å². The summed E-state index contributed by atoms with van der Waals surface area (Å²) in [5.41, 5.74) is 0.969. The molecule has 1 aliphatic heterocycles. The van der Waals surface area contributed by atoms with Crippen molar-refractivity contribution in [3.05, 3.63) is 22.7 Å². The summed E-state index contributed by atoms with van der Waals surface area (Å²) in [5.74, 6) is -0.0181. The van der Waals surface area contributed by atoms with Gasteiger partial charge >= 0.3 is 0 Å². The fourth-order valence-electron chi connectivity index (χ4n) is 4.72. The maximum absolute atomic E-state index is 13.4. The second-order valence-corrected chi connectivity index (χ2v) is 9.64. The number of fused-ring (bicyclic) bond motifs is 3. The molecule has 2 aliphatic rings. The number of rotatable bonds is 5. The monoisotopic (exact) mass is 401 g/mol. The minimum absolute atomic E-state index is 0.000329. The molecular formula is C22H31N3O2S. The second-order valence-electron chi connectivity index (χ2n) is 8.47. The van der Waals surface area contributed by atoms with Gasteiger partial charge in [0.1, 0.15) is 11.2 Å². The number of amides is 2. The Morgan fingerprint density at radius 1 is 1.25 bits per heavy atom. The lowest BCUT2D eigenvalue weighted by Crippen LogP contribution is -2.65. The number of carbonyl (C=O) groups excluding carboxylic acids is 2. The first kappa shape index (κ1) is 19.5. The Morgan fingerprint density at radius 2 is 2.00 bits per heavy atom. The molecule has 4 rings (SSSR count). The third-order valence-corrected chi connectivity index (χ3v) is 7.61. The number of nitrogens with one attached hydrogen (secondary N) is 1. The average Bonchev–Trinajstić information content (AvgIpc) is 3.24. The smallest absolute Gasteiger partial charge is 0.271 e. The molecule has 152 valence electrons. The Bertz CT molecular complexity index is 893. The fourth-order valence-corrected chi connectivity index (χ4v) is 5.77. The van der Waals surface area contributed by atoms with E-state index >= 15 is 0 Å². The van der Waals surface area contributed by atoms with Gasteiger partial charge in [0, 0.05) is 17.5 Å². The van der Waals surface area contributed by atoms with Gasteiger partial charge in [-0.15, -0.1) is 11.3 Å². The van der Waals surface area contributed by atoms with E-state index in [9.17, 15) is 9.59 Å². The van der Waals surface area contributed by atoms with E-state index in [-0.39, 0.29) is 17.9 Å². The molecule has 0 saturated heterocycles. The zero-order valence-electron chi connectivity index (χ0n) is 17.2. The van der Waals surface area contributed by atoms with Gasteiger partial charge in [0.2, 0.25) is 5.91 Å². The minimum atomic E-state index is -0.849. The number of hydrogen-bond acceptors (Lipinski definition) is 3. The van der Waals surface area contributed by atoms with Crippen LogP contribution < -0.4 is 5.32 Å². The van der Waals surface area contributed by atoms with Crippen LogP contribution in [0.5, 0.6) is 0 Å². The number of aromatic nitrogens is 1. The van der Waals surface area contributed by atoms with Crippen LogP contribution in [0.1, 0.15) is 74.7 Å². The lowest BCUT2D eigenvalue weighted by atomic mass is 9.91. The zero-order valence-corrected chi connectivity index (χ0v) is 18.0. The molecule has 1 atom stereocenters. The summed E-state index contributed by atoms with van der Waals surface area (Å²) in [4.78, 5) is 29.9. The Morgan fingerprint density at radius 3 is 2.68 bits per heavy atom. The molecule has 0 bridgehead atoms. The molecule has 0 radical (unpaired) electrons. The van der Waals surface area contributed by atoms with E-state index in [2.05, 4.69) is 29.8 Å². The summed E-state index contributed by atoms with van der Waals surface area (Å²) in [7, 11) is 0. The Labute approximate surface area is 171 Å². The van der Waals surface area contributed by atoms with Crippen LogP contribution >= 0.6 is 11.3 Å². The molecule has 2 aromatic rings. The number of aryl methyl sites for hydroxylation is 1. The largest absolute Gasteiger partial charge is 0.351 e. The molecule has 28 heavy (non-hydrogen) atoms. The summed E-state index contributed by atoms with van der Waals surface area (Å²) in [6.07, 6.45) is 7.54. The maximum atomic E-state index is 13.4. The topological polar surface area (TPSA) is 54.3 Å². The third kappa shape index (κ3) is 3.15. The first-order chi connectivity index (χ1) is 13.5. The number of carbonyl (C=O) groups is 2. The second kappa shape index (κ2) is 7.54. The normalized spacial score (nSPS) is 23.2. The first-order valence-electron chi connectivity index (χ1n) is 10.7. The van der Waals surface area contributed by atoms with Crippen molar-refractivity contribution in [1.29, 1.82) is 0 Å². The van der Waals surface area contributed by atoms with Gasteiger partial charge in [0.05, 0.1) is 16.8 Å². The van der Waals surface area contributed by atoms with Crippen LogP contribution in [0.4, 0.5) is 0 Å². The van der Waals surface area contributed by atoms with Crippen molar-refractivity contribution in [1.82, 2.24) is 14.8 Å². The van der Waals surface area contributed by atoms with Crippen molar-refractivity contribution in [2.24, 2.45) is 0 Å². The molecule has 1 aliphatic carbocycles. The Balaban J connectivity index is 1.70. The van der Waals surface area contributed by atoms with E-state index in [1.807, 2.05) is 17.9 Å². The molecule has 1 fully saturated rings. The summed E-state index contributed by atoms with van der Waals surface area (Å²) in [6, 6.07) is 4.45. The van der Waals surface area contributed by atoms with Crippen molar-refractivity contribution >= 4 is 33.4 Å². The highest BCUT2D eigenvalue weighted by Crippen LogP contribution is 2.36. The highest BCUT2D eigenvalue weighted by molar-refractivity contribution is 7.19. The average molecular weight is 402 g/mol. The van der Waals surface area contributed by atoms with Crippen molar-refractivity contribution in [3.63, 3.8) is 0 Å². The van der Waals surface area contributed by atoms with Crippen LogP contribution in [0.25, 0.3) is 10.2 Å². The first-order valence-corrected chi connectivity index (χ1v) is 11.5. The van der Waals surface area contributed by atoms with E-state index in [4.69, 9.17) is 0 Å². The van der Waals surface area contributed by atoms with Gasteiger partial charge in [-0.05, 0) is 44.7 Å². The van der Waals surface area contributed by atoms with Crippen LogP contribution in [0.15, 0.2) is 12.1 Å². The Kier molecular flexibility index (Phi) is 5.25. The molecule has 0 aromatic carbocycles. The standard InChI is InChI=1S/C22H31N3O2S/c1-4-11-25-20(26)18-13-19-17(12-16(5-2)28-19)24(18)14-22(25,3)21(27)23-15-9-7-6-8-10-15/h12-13,15H,4-11,14H2,1-3H3,(H,23,27)/t22-/m1/s1. The van der Waals surface area contributed by atoms with Crippen LogP contribution in [0.2, 0.25) is 0 Å². The van der Waals surface area contributed by atoms with Gasteiger partial charge in [-0.3, -0.25) is 9.59 Å². The van der Waals surface area contributed by atoms with E-state index < -0.39 is 5.54 Å². The minimum Gasteiger partial charge on any atom is -0.351 e. The van der Waals surface area contributed by atoms with Gasteiger partial charge in [0.15, 0.2) is 0 Å². The molecular weight excluding hydrogens is 370 g/mol. The lowest BCUT2D eigenvalue weighted by Gasteiger charge is -2.44. The van der Waals surface area contributed by atoms with Crippen molar-refractivity contribution in [2.45, 2.75) is 83.8 Å². The third-order valence-electron chi connectivity index (χ3n) is 6.39. The van der Waals surface area contributed by atoms with Gasteiger partial charge in [-0.25, -0.2) is 0 Å². The van der Waals surface area contributed by atoms with Gasteiger partial charge in [-0.2, -0.15) is 0 Å². The zero-order chi connectivity index (χ0) is 19.9. The summed E-state index contributed by atoms with van der Waals surface area (Å²) < 4.78 is 3.23. The summed E-state index contributed by atoms with van der Waals surface area (Å²) >= 11 is 1.75. The molecule has 2 aromatic heterocycles. The van der Waals surface area contributed by atoms with Crippen molar-refractivity contribution in [2.75, 3.05) is 6.54 Å². The molecule has 6 heteroatoms. The molecule has 1 N–H and O–H groups in total. The fraction of sp³-hybridized carbons (Fsp3) is 0.636. The van der Waals surface area contributed by atoms with Crippen LogP contribution in [-0.2, 0) is 17.8 Å². The molecule has 0 unspecified atom stereocenters. The maximum Gasteiger partial charge on any atom is 0.271 e. The number of nitrogens with zero attached hydrogens (tertiary/aromatic N) is 2.